The lowest BCUT2D eigenvalue weighted by Gasteiger charge is -2.11. The van der Waals surface area contributed by atoms with Gasteiger partial charge in [0.2, 0.25) is 0 Å². The lowest BCUT2D eigenvalue weighted by molar-refractivity contribution is 0.548. The number of nitrogens with zero attached hydrogens (tertiary/aromatic N) is 1. The molecule has 0 fully saturated rings. The molecule has 142 valence electrons. The van der Waals surface area contributed by atoms with Gasteiger partial charge in [-0.25, -0.2) is 4.99 Å². The molecule has 1 unspecified atom stereocenters. The minimum atomic E-state index is -1.02. The van der Waals surface area contributed by atoms with E-state index < -0.39 is 10.8 Å². The van der Waals surface area contributed by atoms with E-state index in [0.29, 0.717) is 24.8 Å². The van der Waals surface area contributed by atoms with Crippen LogP contribution in [-0.2, 0) is 17.3 Å². The highest BCUT2D eigenvalue weighted by Crippen LogP contribution is 2.25. The standard InChI is InChI=1S/C21H25N3O2S/c1-3-22-21(23-13-14-27(25)17-9-5-4-6-10-17)24-15-20-16(2)18-11-7-8-12-19(18)26-20/h4-12H,3,13-15H2,1-2H3,(H2,22,23,24). The Labute approximate surface area is 162 Å². The van der Waals surface area contributed by atoms with Crippen molar-refractivity contribution in [3.05, 3.63) is 65.9 Å². The van der Waals surface area contributed by atoms with E-state index >= 15 is 0 Å². The highest BCUT2D eigenvalue weighted by molar-refractivity contribution is 7.85. The molecule has 0 bridgehead atoms. The summed E-state index contributed by atoms with van der Waals surface area (Å²) in [6, 6.07) is 17.5. The number of hydrogen-bond donors (Lipinski definition) is 2. The second kappa shape index (κ2) is 9.37. The molecular weight excluding hydrogens is 358 g/mol. The predicted molar refractivity (Wildman–Crippen MR) is 111 cm³/mol. The third-order valence-electron chi connectivity index (χ3n) is 4.25. The van der Waals surface area contributed by atoms with Crippen LogP contribution in [0.25, 0.3) is 11.0 Å². The minimum Gasteiger partial charge on any atom is -0.459 e. The lowest BCUT2D eigenvalue weighted by atomic mass is 10.1. The number of hydrogen-bond acceptors (Lipinski definition) is 3. The molecule has 3 rings (SSSR count). The summed E-state index contributed by atoms with van der Waals surface area (Å²) in [5.74, 6) is 2.08. The van der Waals surface area contributed by atoms with Crippen molar-refractivity contribution in [1.29, 1.82) is 0 Å². The molecule has 0 aliphatic heterocycles. The Morgan fingerprint density at radius 2 is 1.81 bits per heavy atom. The number of nitrogens with one attached hydrogen (secondary N) is 2. The summed E-state index contributed by atoms with van der Waals surface area (Å²) in [6.07, 6.45) is 0. The average molecular weight is 384 g/mol. The fraction of sp³-hybridized carbons (Fsp3) is 0.286. The molecule has 1 atom stereocenters. The van der Waals surface area contributed by atoms with E-state index in [0.717, 1.165) is 33.7 Å². The molecule has 0 radical (unpaired) electrons. The molecule has 0 amide bonds. The van der Waals surface area contributed by atoms with Crippen molar-refractivity contribution < 1.29 is 8.63 Å². The maximum atomic E-state index is 12.3. The van der Waals surface area contributed by atoms with Gasteiger partial charge in [-0.2, -0.15) is 0 Å². The molecule has 0 aliphatic rings. The molecule has 1 aromatic heterocycles. The van der Waals surface area contributed by atoms with Crippen LogP contribution in [0.2, 0.25) is 0 Å². The van der Waals surface area contributed by atoms with Gasteiger partial charge in [0.05, 0.1) is 10.8 Å². The van der Waals surface area contributed by atoms with Crippen LogP contribution in [0.15, 0.2) is 68.9 Å². The van der Waals surface area contributed by atoms with Crippen LogP contribution < -0.4 is 10.6 Å². The molecule has 0 spiro atoms. The minimum absolute atomic E-state index is 0.456. The first-order valence-electron chi connectivity index (χ1n) is 9.11. The van der Waals surface area contributed by atoms with Crippen LogP contribution in [-0.4, -0.2) is 29.0 Å². The fourth-order valence-corrected chi connectivity index (χ4v) is 3.80. The summed E-state index contributed by atoms with van der Waals surface area (Å²) in [6.45, 7) is 5.86. The number of rotatable bonds is 7. The quantitative estimate of drug-likeness (QED) is 0.483. The molecule has 5 nitrogen and oxygen atoms in total. The van der Waals surface area contributed by atoms with Crippen LogP contribution in [0.1, 0.15) is 18.2 Å². The average Bonchev–Trinajstić information content (AvgIpc) is 3.02. The maximum absolute atomic E-state index is 12.3. The summed E-state index contributed by atoms with van der Waals surface area (Å²) >= 11 is 0. The Kier molecular flexibility index (Phi) is 6.65. The van der Waals surface area contributed by atoms with Crippen LogP contribution in [0.4, 0.5) is 0 Å². The third-order valence-corrected chi connectivity index (χ3v) is 5.63. The van der Waals surface area contributed by atoms with Gasteiger partial charge in [0.1, 0.15) is 17.9 Å². The normalized spacial score (nSPS) is 12.9. The number of para-hydroxylation sites is 1. The number of aliphatic imine (C=N–C) groups is 1. The Morgan fingerprint density at radius 1 is 1.07 bits per heavy atom. The molecule has 0 aliphatic carbocycles. The number of aryl methyl sites for hydroxylation is 1. The van der Waals surface area contributed by atoms with Crippen LogP contribution in [0.5, 0.6) is 0 Å². The molecule has 2 aromatic carbocycles. The maximum Gasteiger partial charge on any atom is 0.191 e. The SMILES string of the molecule is CCNC(=NCc1oc2ccccc2c1C)NCCS(=O)c1ccccc1. The van der Waals surface area contributed by atoms with Crippen LogP contribution >= 0.6 is 0 Å². The number of guanidine groups is 1. The number of fused-ring (bicyclic) bond motifs is 1. The van der Waals surface area contributed by atoms with Gasteiger partial charge < -0.3 is 15.1 Å². The Balaban J connectivity index is 1.60. The van der Waals surface area contributed by atoms with E-state index in [1.807, 2.05) is 55.5 Å². The molecule has 1 heterocycles. The van der Waals surface area contributed by atoms with Crippen molar-refractivity contribution in [2.45, 2.75) is 25.3 Å². The summed E-state index contributed by atoms with van der Waals surface area (Å²) in [7, 11) is -1.02. The molecule has 6 heteroatoms. The van der Waals surface area contributed by atoms with E-state index in [1.54, 1.807) is 0 Å². The first-order chi connectivity index (χ1) is 13.2. The van der Waals surface area contributed by atoms with Gasteiger partial charge in [0.15, 0.2) is 5.96 Å². The second-order valence-corrected chi connectivity index (χ2v) is 7.70. The number of benzene rings is 2. The molecule has 2 N–H and O–H groups in total. The highest BCUT2D eigenvalue weighted by Gasteiger charge is 2.10. The van der Waals surface area contributed by atoms with Crippen molar-refractivity contribution >= 4 is 27.7 Å². The van der Waals surface area contributed by atoms with E-state index in [-0.39, 0.29) is 0 Å². The van der Waals surface area contributed by atoms with Crippen molar-refractivity contribution in [1.82, 2.24) is 10.6 Å². The first kappa shape index (κ1) is 19.2. The van der Waals surface area contributed by atoms with E-state index in [9.17, 15) is 4.21 Å². The van der Waals surface area contributed by atoms with Crippen LogP contribution in [0, 0.1) is 6.92 Å². The molecule has 0 saturated heterocycles. The summed E-state index contributed by atoms with van der Waals surface area (Å²) in [5, 5.41) is 7.59. The summed E-state index contributed by atoms with van der Waals surface area (Å²) in [5.41, 5.74) is 2.01. The van der Waals surface area contributed by atoms with E-state index in [4.69, 9.17) is 4.42 Å². The van der Waals surface area contributed by atoms with Gasteiger partial charge in [-0.15, -0.1) is 0 Å². The molecule has 3 aromatic rings. The smallest absolute Gasteiger partial charge is 0.191 e. The van der Waals surface area contributed by atoms with Gasteiger partial charge in [-0.3, -0.25) is 4.21 Å². The van der Waals surface area contributed by atoms with Crippen molar-refractivity contribution in [3.63, 3.8) is 0 Å². The topological polar surface area (TPSA) is 66.6 Å². The van der Waals surface area contributed by atoms with Gasteiger partial charge >= 0.3 is 0 Å². The van der Waals surface area contributed by atoms with Gasteiger partial charge in [0, 0.05) is 34.7 Å². The van der Waals surface area contributed by atoms with Crippen LogP contribution in [0.3, 0.4) is 0 Å². The van der Waals surface area contributed by atoms with Gasteiger partial charge in [-0.05, 0) is 32.0 Å². The van der Waals surface area contributed by atoms with E-state index in [2.05, 4.69) is 28.6 Å². The number of furan rings is 1. The Morgan fingerprint density at radius 3 is 2.56 bits per heavy atom. The predicted octanol–water partition coefficient (Wildman–Crippen LogP) is 3.60. The zero-order valence-corrected chi connectivity index (χ0v) is 16.5. The third kappa shape index (κ3) is 4.98. The van der Waals surface area contributed by atoms with Gasteiger partial charge in [0.25, 0.3) is 0 Å². The largest absolute Gasteiger partial charge is 0.459 e. The Hall–Kier alpha value is -2.60. The molecule has 0 saturated carbocycles. The van der Waals surface area contributed by atoms with Crippen molar-refractivity contribution in [2.24, 2.45) is 4.99 Å². The highest BCUT2D eigenvalue weighted by atomic mass is 32.2. The van der Waals surface area contributed by atoms with Gasteiger partial charge in [-0.1, -0.05) is 36.4 Å². The van der Waals surface area contributed by atoms with E-state index in [1.165, 1.54) is 0 Å². The molecular formula is C21H25N3O2S. The summed E-state index contributed by atoms with van der Waals surface area (Å²) in [4.78, 5) is 5.46. The Bertz CT molecular complexity index is 935. The van der Waals surface area contributed by atoms with Crippen molar-refractivity contribution in [3.8, 4) is 0 Å². The zero-order valence-electron chi connectivity index (χ0n) is 15.7. The molecule has 27 heavy (non-hydrogen) atoms. The first-order valence-corrected chi connectivity index (χ1v) is 10.4. The fourth-order valence-electron chi connectivity index (χ4n) is 2.82. The monoisotopic (exact) mass is 383 g/mol. The van der Waals surface area contributed by atoms with Crippen molar-refractivity contribution in [2.75, 3.05) is 18.8 Å². The lowest BCUT2D eigenvalue weighted by Crippen LogP contribution is -2.39. The summed E-state index contributed by atoms with van der Waals surface area (Å²) < 4.78 is 18.2. The zero-order chi connectivity index (χ0) is 19.1. The second-order valence-electron chi connectivity index (χ2n) is 6.13.